The summed E-state index contributed by atoms with van der Waals surface area (Å²) in [5, 5.41) is 0. The van der Waals surface area contributed by atoms with E-state index in [4.69, 9.17) is 4.74 Å². The van der Waals surface area contributed by atoms with Crippen molar-refractivity contribution in [2.75, 3.05) is 6.61 Å². The van der Waals surface area contributed by atoms with E-state index < -0.39 is 8.07 Å². The predicted octanol–water partition coefficient (Wildman–Crippen LogP) is 2.37. The Morgan fingerprint density at radius 1 is 1.54 bits per heavy atom. The minimum Gasteiger partial charge on any atom is -0.465 e. The average molecular weight is 198 g/mol. The van der Waals surface area contributed by atoms with Crippen molar-refractivity contribution in [3.8, 4) is 0 Å². The first kappa shape index (κ1) is 10.5. The Morgan fingerprint density at radius 2 is 2.23 bits per heavy atom. The molecule has 0 amide bonds. The van der Waals surface area contributed by atoms with E-state index in [9.17, 15) is 4.79 Å². The summed E-state index contributed by atoms with van der Waals surface area (Å²) in [5.74, 6) is 0.118. The maximum Gasteiger partial charge on any atom is 0.309 e. The fourth-order valence-electron chi connectivity index (χ4n) is 1.34. The number of carbonyl (C=O) groups excluding carboxylic acids is 1. The Hall–Kier alpha value is -0.573. The minimum absolute atomic E-state index is 0.0137. The van der Waals surface area contributed by atoms with Gasteiger partial charge in [0.1, 0.15) is 0 Å². The lowest BCUT2D eigenvalue weighted by molar-refractivity contribution is -0.141. The standard InChI is InChI=1S/C10H18O2Si/c1-13(2,3)8-4-5-9-6-7-12-10(9)11/h4,8-9H,5-7H2,1-3H3/b8-4+. The Balaban J connectivity index is 2.34. The van der Waals surface area contributed by atoms with E-state index in [0.717, 1.165) is 12.8 Å². The number of hydrogen-bond acceptors (Lipinski definition) is 2. The molecular weight excluding hydrogens is 180 g/mol. The van der Waals surface area contributed by atoms with Crippen molar-refractivity contribution in [2.24, 2.45) is 5.92 Å². The van der Waals surface area contributed by atoms with Gasteiger partial charge >= 0.3 is 5.97 Å². The van der Waals surface area contributed by atoms with Crippen molar-refractivity contribution in [3.05, 3.63) is 11.8 Å². The fourth-order valence-corrected chi connectivity index (χ4v) is 2.18. The van der Waals surface area contributed by atoms with Crippen LogP contribution in [0.5, 0.6) is 0 Å². The largest absolute Gasteiger partial charge is 0.465 e. The zero-order valence-electron chi connectivity index (χ0n) is 8.67. The normalized spacial score (nSPS) is 23.9. The second-order valence-electron chi connectivity index (χ2n) is 4.66. The molecule has 1 fully saturated rings. The number of rotatable bonds is 3. The molecule has 1 aliphatic rings. The van der Waals surface area contributed by atoms with E-state index >= 15 is 0 Å². The summed E-state index contributed by atoms with van der Waals surface area (Å²) < 4.78 is 4.89. The van der Waals surface area contributed by atoms with Crippen LogP contribution in [0.15, 0.2) is 11.8 Å². The van der Waals surface area contributed by atoms with Gasteiger partial charge in [0.25, 0.3) is 0 Å². The molecule has 0 bridgehead atoms. The molecule has 3 heteroatoms. The van der Waals surface area contributed by atoms with Gasteiger partial charge in [-0.25, -0.2) is 0 Å². The van der Waals surface area contributed by atoms with Crippen LogP contribution in [-0.4, -0.2) is 20.7 Å². The maximum absolute atomic E-state index is 11.1. The molecule has 0 aromatic rings. The van der Waals surface area contributed by atoms with Crippen LogP contribution in [0.3, 0.4) is 0 Å². The number of esters is 1. The first-order valence-corrected chi connectivity index (χ1v) is 8.41. The quantitative estimate of drug-likeness (QED) is 0.514. The van der Waals surface area contributed by atoms with E-state index in [0.29, 0.717) is 6.61 Å². The number of hydrogen-bond donors (Lipinski definition) is 0. The van der Waals surface area contributed by atoms with Crippen LogP contribution in [0, 0.1) is 5.92 Å². The summed E-state index contributed by atoms with van der Waals surface area (Å²) in [4.78, 5) is 11.1. The van der Waals surface area contributed by atoms with E-state index in [2.05, 4.69) is 31.4 Å². The van der Waals surface area contributed by atoms with Crippen molar-refractivity contribution < 1.29 is 9.53 Å². The summed E-state index contributed by atoms with van der Waals surface area (Å²) >= 11 is 0. The summed E-state index contributed by atoms with van der Waals surface area (Å²) in [5.41, 5.74) is 2.29. The van der Waals surface area contributed by atoms with Gasteiger partial charge in [0.05, 0.1) is 20.6 Å². The second-order valence-corrected chi connectivity index (χ2v) is 9.72. The van der Waals surface area contributed by atoms with Gasteiger partial charge in [0.15, 0.2) is 0 Å². The lowest BCUT2D eigenvalue weighted by atomic mass is 10.1. The third-order valence-corrected chi connectivity index (χ3v) is 3.32. The molecule has 2 nitrogen and oxygen atoms in total. The van der Waals surface area contributed by atoms with Gasteiger partial charge in [0, 0.05) is 0 Å². The highest BCUT2D eigenvalue weighted by molar-refractivity contribution is 6.80. The third-order valence-electron chi connectivity index (χ3n) is 2.08. The molecule has 1 saturated heterocycles. The zero-order chi connectivity index (χ0) is 9.90. The Labute approximate surface area is 81.0 Å². The number of allylic oxidation sites excluding steroid dienone is 1. The highest BCUT2D eigenvalue weighted by Crippen LogP contribution is 2.18. The summed E-state index contributed by atoms with van der Waals surface area (Å²) in [7, 11) is -1.08. The predicted molar refractivity (Wildman–Crippen MR) is 56.2 cm³/mol. The Kier molecular flexibility index (Phi) is 3.31. The van der Waals surface area contributed by atoms with Gasteiger partial charge in [0.2, 0.25) is 0 Å². The highest BCUT2D eigenvalue weighted by Gasteiger charge is 2.24. The van der Waals surface area contributed by atoms with Gasteiger partial charge < -0.3 is 4.74 Å². The van der Waals surface area contributed by atoms with E-state index in [1.54, 1.807) is 0 Å². The van der Waals surface area contributed by atoms with Crippen molar-refractivity contribution in [3.63, 3.8) is 0 Å². The SMILES string of the molecule is C[Si](C)(C)/C=C/CC1CCOC1=O. The number of ether oxygens (including phenoxy) is 1. The molecule has 1 rings (SSSR count). The van der Waals surface area contributed by atoms with Crippen molar-refractivity contribution >= 4 is 14.0 Å². The molecule has 1 atom stereocenters. The third kappa shape index (κ3) is 3.76. The summed E-state index contributed by atoms with van der Waals surface area (Å²) in [6, 6.07) is 0. The average Bonchev–Trinajstić information content (AvgIpc) is 2.34. The Morgan fingerprint density at radius 3 is 2.69 bits per heavy atom. The number of cyclic esters (lactones) is 1. The van der Waals surface area contributed by atoms with Crippen LogP contribution in [-0.2, 0) is 9.53 Å². The van der Waals surface area contributed by atoms with Gasteiger partial charge in [-0.2, -0.15) is 0 Å². The molecule has 74 valence electrons. The molecule has 0 aromatic heterocycles. The van der Waals surface area contributed by atoms with Crippen LogP contribution >= 0.6 is 0 Å². The lowest BCUT2D eigenvalue weighted by Gasteiger charge is -2.08. The molecule has 0 aromatic carbocycles. The highest BCUT2D eigenvalue weighted by atomic mass is 28.3. The molecule has 1 unspecified atom stereocenters. The molecular formula is C10H18O2Si. The smallest absolute Gasteiger partial charge is 0.309 e. The van der Waals surface area contributed by atoms with E-state index in [1.807, 2.05) is 0 Å². The van der Waals surface area contributed by atoms with E-state index in [1.165, 1.54) is 0 Å². The van der Waals surface area contributed by atoms with Gasteiger partial charge in [-0.15, -0.1) is 0 Å². The molecule has 0 spiro atoms. The van der Waals surface area contributed by atoms with Gasteiger partial charge in [-0.3, -0.25) is 4.79 Å². The minimum atomic E-state index is -1.08. The molecule has 0 N–H and O–H groups in total. The van der Waals surface area contributed by atoms with E-state index in [-0.39, 0.29) is 11.9 Å². The lowest BCUT2D eigenvalue weighted by Crippen LogP contribution is -2.15. The molecule has 1 aliphatic heterocycles. The van der Waals surface area contributed by atoms with Gasteiger partial charge in [-0.1, -0.05) is 31.4 Å². The fraction of sp³-hybridized carbons (Fsp3) is 0.700. The topological polar surface area (TPSA) is 26.3 Å². The first-order valence-electron chi connectivity index (χ1n) is 4.83. The van der Waals surface area contributed by atoms with Crippen molar-refractivity contribution in [2.45, 2.75) is 32.5 Å². The summed E-state index contributed by atoms with van der Waals surface area (Å²) in [6.07, 6.45) is 3.92. The van der Waals surface area contributed by atoms with Crippen LogP contribution in [0.1, 0.15) is 12.8 Å². The summed E-state index contributed by atoms with van der Waals surface area (Å²) in [6.45, 7) is 7.48. The monoisotopic (exact) mass is 198 g/mol. The maximum atomic E-state index is 11.1. The zero-order valence-corrected chi connectivity index (χ0v) is 9.67. The van der Waals surface area contributed by atoms with Crippen LogP contribution in [0.4, 0.5) is 0 Å². The van der Waals surface area contributed by atoms with Crippen LogP contribution in [0.2, 0.25) is 19.6 Å². The Bertz CT molecular complexity index is 215. The molecule has 0 saturated carbocycles. The number of carbonyl (C=O) groups is 1. The van der Waals surface area contributed by atoms with Crippen molar-refractivity contribution in [1.29, 1.82) is 0 Å². The van der Waals surface area contributed by atoms with Crippen molar-refractivity contribution in [1.82, 2.24) is 0 Å². The molecule has 0 aliphatic carbocycles. The van der Waals surface area contributed by atoms with Crippen LogP contribution in [0.25, 0.3) is 0 Å². The van der Waals surface area contributed by atoms with Crippen LogP contribution < -0.4 is 0 Å². The molecule has 0 radical (unpaired) electrons. The molecule has 13 heavy (non-hydrogen) atoms. The molecule has 1 heterocycles. The van der Waals surface area contributed by atoms with Gasteiger partial charge in [-0.05, 0) is 12.8 Å². The second kappa shape index (κ2) is 4.09. The first-order chi connectivity index (χ1) is 5.99.